The normalized spacial score (nSPS) is 14.3. The third kappa shape index (κ3) is 3.24. The van der Waals surface area contributed by atoms with Crippen molar-refractivity contribution in [1.29, 1.82) is 0 Å². The quantitative estimate of drug-likeness (QED) is 0.879. The molecule has 1 heterocycles. The minimum absolute atomic E-state index is 0.175. The van der Waals surface area contributed by atoms with Crippen molar-refractivity contribution in [2.24, 2.45) is 0 Å². The summed E-state index contributed by atoms with van der Waals surface area (Å²) >= 11 is 0. The third-order valence-electron chi connectivity index (χ3n) is 4.74. The van der Waals surface area contributed by atoms with Gasteiger partial charge in [-0.2, -0.15) is 0 Å². The highest BCUT2D eigenvalue weighted by Gasteiger charge is 2.21. The molecule has 2 aromatic rings. The van der Waals surface area contributed by atoms with Crippen molar-refractivity contribution >= 4 is 11.6 Å². The van der Waals surface area contributed by atoms with Crippen LogP contribution in [0.2, 0.25) is 0 Å². The van der Waals surface area contributed by atoms with Crippen molar-refractivity contribution in [2.75, 3.05) is 18.8 Å². The van der Waals surface area contributed by atoms with Crippen LogP contribution in [0.5, 0.6) is 0 Å². The largest absolute Gasteiger partial charge is 0.398 e. The highest BCUT2D eigenvalue weighted by Crippen LogP contribution is 2.23. The molecule has 1 aliphatic rings. The van der Waals surface area contributed by atoms with E-state index in [9.17, 15) is 4.79 Å². The van der Waals surface area contributed by atoms with Gasteiger partial charge in [0.2, 0.25) is 0 Å². The molecule has 0 atom stereocenters. The molecule has 3 rings (SSSR count). The van der Waals surface area contributed by atoms with E-state index in [0.29, 0.717) is 0 Å². The molecule has 0 spiro atoms. The first kappa shape index (κ1) is 15.6. The van der Waals surface area contributed by atoms with E-state index < -0.39 is 0 Å². The lowest BCUT2D eigenvalue weighted by Gasteiger charge is -2.18. The molecule has 1 saturated heterocycles. The first-order chi connectivity index (χ1) is 11.1. The molecular weight excluding hydrogens is 284 g/mol. The molecule has 23 heavy (non-hydrogen) atoms. The molecule has 3 nitrogen and oxygen atoms in total. The van der Waals surface area contributed by atoms with Crippen LogP contribution in [0, 0.1) is 13.8 Å². The van der Waals surface area contributed by atoms with E-state index in [4.69, 9.17) is 5.73 Å². The van der Waals surface area contributed by atoms with Gasteiger partial charge in [0.1, 0.15) is 0 Å². The maximum atomic E-state index is 12.6. The molecule has 0 unspecified atom stereocenters. The third-order valence-corrected chi connectivity index (χ3v) is 4.74. The number of rotatable bonds is 3. The number of carbonyl (C=O) groups excluding carboxylic acids is 1. The second-order valence-corrected chi connectivity index (χ2v) is 6.47. The number of nitrogen functional groups attached to an aromatic ring is 1. The van der Waals surface area contributed by atoms with E-state index in [1.54, 1.807) is 0 Å². The Kier molecular flexibility index (Phi) is 4.37. The predicted molar refractivity (Wildman–Crippen MR) is 94.7 cm³/mol. The van der Waals surface area contributed by atoms with Crippen LogP contribution in [0.3, 0.4) is 0 Å². The van der Waals surface area contributed by atoms with E-state index in [1.165, 1.54) is 5.56 Å². The fraction of sp³-hybridized carbons (Fsp3) is 0.350. The zero-order valence-corrected chi connectivity index (χ0v) is 13.9. The van der Waals surface area contributed by atoms with Crippen molar-refractivity contribution in [2.45, 2.75) is 33.1 Å². The molecule has 2 N–H and O–H groups in total. The average Bonchev–Trinajstić information content (AvgIpc) is 3.06. The van der Waals surface area contributed by atoms with Crippen LogP contribution in [-0.2, 0) is 6.42 Å². The predicted octanol–water partition coefficient (Wildman–Crippen LogP) is 3.71. The molecule has 0 radical (unpaired) electrons. The zero-order valence-electron chi connectivity index (χ0n) is 13.9. The number of hydrogen-bond acceptors (Lipinski definition) is 2. The lowest BCUT2D eigenvalue weighted by molar-refractivity contribution is 0.0792. The van der Waals surface area contributed by atoms with Gasteiger partial charge < -0.3 is 10.6 Å². The molecule has 0 aliphatic carbocycles. The van der Waals surface area contributed by atoms with Crippen molar-refractivity contribution in [1.82, 2.24) is 4.90 Å². The fourth-order valence-electron chi connectivity index (χ4n) is 3.29. The second kappa shape index (κ2) is 6.45. The number of nitrogens with two attached hydrogens (primary N) is 1. The number of likely N-dealkylation sites (tertiary alicyclic amines) is 1. The second-order valence-electron chi connectivity index (χ2n) is 6.47. The van der Waals surface area contributed by atoms with Gasteiger partial charge in [-0.1, -0.05) is 24.3 Å². The van der Waals surface area contributed by atoms with Gasteiger partial charge in [0.25, 0.3) is 5.91 Å². The number of anilines is 1. The van der Waals surface area contributed by atoms with Crippen molar-refractivity contribution in [3.63, 3.8) is 0 Å². The molecule has 0 saturated carbocycles. The summed E-state index contributed by atoms with van der Waals surface area (Å²) in [5.74, 6) is 0.175. The number of benzene rings is 2. The first-order valence-corrected chi connectivity index (χ1v) is 8.29. The summed E-state index contributed by atoms with van der Waals surface area (Å²) in [6.45, 7) is 5.88. The smallest absolute Gasteiger partial charge is 0.254 e. The van der Waals surface area contributed by atoms with Crippen LogP contribution in [-0.4, -0.2) is 23.9 Å². The molecule has 1 amide bonds. The topological polar surface area (TPSA) is 46.3 Å². The highest BCUT2D eigenvalue weighted by atomic mass is 16.2. The van der Waals surface area contributed by atoms with Crippen LogP contribution >= 0.6 is 0 Å². The van der Waals surface area contributed by atoms with E-state index >= 15 is 0 Å². The van der Waals surface area contributed by atoms with Gasteiger partial charge in [-0.25, -0.2) is 0 Å². The zero-order chi connectivity index (χ0) is 16.4. The standard InChI is InChI=1S/C20H24N2O/c1-14-12-18(20(23)22-9-5-6-10-22)15(2)11-17(14)13-16-7-3-4-8-19(16)21/h3-4,7-8,11-12H,5-6,9-10,13,21H2,1-2H3. The Labute approximate surface area is 138 Å². The van der Waals surface area contributed by atoms with Gasteiger partial charge in [0.15, 0.2) is 0 Å². The summed E-state index contributed by atoms with van der Waals surface area (Å²) in [6.07, 6.45) is 3.04. The molecule has 3 heteroatoms. The number of amides is 1. The fourth-order valence-corrected chi connectivity index (χ4v) is 3.29. The first-order valence-electron chi connectivity index (χ1n) is 8.29. The number of nitrogens with zero attached hydrogens (tertiary/aromatic N) is 1. The van der Waals surface area contributed by atoms with E-state index in [0.717, 1.165) is 60.3 Å². The highest BCUT2D eigenvalue weighted by molar-refractivity contribution is 5.96. The van der Waals surface area contributed by atoms with Crippen LogP contribution in [0.1, 0.15) is 45.5 Å². The molecule has 1 aliphatic heterocycles. The lowest BCUT2D eigenvalue weighted by Crippen LogP contribution is -2.28. The van der Waals surface area contributed by atoms with Crippen LogP contribution < -0.4 is 5.73 Å². The van der Waals surface area contributed by atoms with Gasteiger partial charge in [0.05, 0.1) is 0 Å². The monoisotopic (exact) mass is 308 g/mol. The van der Waals surface area contributed by atoms with E-state index in [-0.39, 0.29) is 5.91 Å². The number of carbonyl (C=O) groups is 1. The van der Waals surface area contributed by atoms with E-state index in [1.807, 2.05) is 36.1 Å². The van der Waals surface area contributed by atoms with Crippen molar-refractivity contribution in [3.05, 3.63) is 64.2 Å². The van der Waals surface area contributed by atoms with Gasteiger partial charge in [-0.05, 0) is 67.5 Å². The summed E-state index contributed by atoms with van der Waals surface area (Å²) in [4.78, 5) is 14.6. The van der Waals surface area contributed by atoms with Crippen LogP contribution in [0.25, 0.3) is 0 Å². The van der Waals surface area contributed by atoms with Crippen molar-refractivity contribution in [3.8, 4) is 0 Å². The molecule has 120 valence electrons. The van der Waals surface area contributed by atoms with Crippen LogP contribution in [0.15, 0.2) is 36.4 Å². The van der Waals surface area contributed by atoms with Gasteiger partial charge >= 0.3 is 0 Å². The number of para-hydroxylation sites is 1. The summed E-state index contributed by atoms with van der Waals surface area (Å²) in [5, 5.41) is 0. The maximum Gasteiger partial charge on any atom is 0.254 e. The Morgan fingerprint density at radius 2 is 1.74 bits per heavy atom. The molecule has 2 aromatic carbocycles. The Balaban J connectivity index is 1.88. The Hall–Kier alpha value is -2.29. The minimum atomic E-state index is 0.175. The van der Waals surface area contributed by atoms with Crippen molar-refractivity contribution < 1.29 is 4.79 Å². The molecular formula is C20H24N2O. The summed E-state index contributed by atoms with van der Waals surface area (Å²) in [5.41, 5.74) is 12.3. The van der Waals surface area contributed by atoms with Crippen LogP contribution in [0.4, 0.5) is 5.69 Å². The minimum Gasteiger partial charge on any atom is -0.398 e. The molecule has 1 fully saturated rings. The molecule has 0 aromatic heterocycles. The van der Waals surface area contributed by atoms with Gasteiger partial charge in [-0.3, -0.25) is 4.79 Å². The number of hydrogen-bond donors (Lipinski definition) is 1. The Morgan fingerprint density at radius 3 is 2.43 bits per heavy atom. The summed E-state index contributed by atoms with van der Waals surface area (Å²) < 4.78 is 0. The average molecular weight is 308 g/mol. The van der Waals surface area contributed by atoms with E-state index in [2.05, 4.69) is 19.1 Å². The SMILES string of the molecule is Cc1cc(C(=O)N2CCCC2)c(C)cc1Cc1ccccc1N. The summed E-state index contributed by atoms with van der Waals surface area (Å²) in [6, 6.07) is 12.2. The Bertz CT molecular complexity index is 730. The lowest BCUT2D eigenvalue weighted by atomic mass is 9.94. The van der Waals surface area contributed by atoms with Gasteiger partial charge in [-0.15, -0.1) is 0 Å². The summed E-state index contributed by atoms with van der Waals surface area (Å²) in [7, 11) is 0. The Morgan fingerprint density at radius 1 is 1.04 bits per heavy atom. The number of aryl methyl sites for hydroxylation is 2. The molecule has 0 bridgehead atoms. The van der Waals surface area contributed by atoms with Gasteiger partial charge in [0, 0.05) is 24.3 Å². The maximum absolute atomic E-state index is 12.6.